The summed E-state index contributed by atoms with van der Waals surface area (Å²) in [6.07, 6.45) is 27.7. The Labute approximate surface area is 479 Å². The number of hydrogen-bond donors (Lipinski definition) is 10. The van der Waals surface area contributed by atoms with Crippen LogP contribution in [0.5, 0.6) is 11.5 Å². The molecule has 0 amide bonds. The van der Waals surface area contributed by atoms with Gasteiger partial charge in [-0.25, -0.2) is 4.99 Å². The molecule has 15 heteroatoms. The van der Waals surface area contributed by atoms with E-state index in [0.29, 0.717) is 78.6 Å². The number of rotatable bonds is 19. The molecule has 6 fully saturated rings. The fourth-order valence-electron chi connectivity index (χ4n) is 18.0. The number of furan rings is 1. The normalized spacial score (nSPS) is 33.7. The highest BCUT2D eigenvalue weighted by Gasteiger charge is 2.65. The highest BCUT2D eigenvalue weighted by Crippen LogP contribution is 2.73. The molecular formula is C64H97N7O6S2. The van der Waals surface area contributed by atoms with Gasteiger partial charge in [0.2, 0.25) is 0 Å². The monoisotopic (exact) mass is 1120 g/mol. The first kappa shape index (κ1) is 57.7. The molecular weight excluding hydrogens is 1030 g/mol. The van der Waals surface area contributed by atoms with E-state index in [9.17, 15) is 20.4 Å². The highest BCUT2D eigenvalue weighted by molar-refractivity contribution is 8.76. The Hall–Kier alpha value is -3.15. The molecule has 2 aromatic heterocycles. The van der Waals surface area contributed by atoms with Gasteiger partial charge in [-0.15, -0.1) is 0 Å². The van der Waals surface area contributed by atoms with Gasteiger partial charge < -0.3 is 62.0 Å². The van der Waals surface area contributed by atoms with Gasteiger partial charge in [0.1, 0.15) is 24.2 Å². The largest absolute Gasteiger partial charge is 0.504 e. The molecule has 436 valence electrons. The van der Waals surface area contributed by atoms with Gasteiger partial charge in [-0.3, -0.25) is 0 Å². The summed E-state index contributed by atoms with van der Waals surface area (Å²) in [6.45, 7) is 5.48. The summed E-state index contributed by atoms with van der Waals surface area (Å²) in [5.74, 6) is 9.56. The molecule has 12 rings (SSSR count). The van der Waals surface area contributed by atoms with Crippen LogP contribution < -0.4 is 32.2 Å². The number of phenolic OH excluding ortho intramolecular Hbond substituents is 1. The van der Waals surface area contributed by atoms with Gasteiger partial charge >= 0.3 is 0 Å². The maximum atomic E-state index is 12.0. The Balaban J connectivity index is 0.719. The van der Waals surface area contributed by atoms with Crippen LogP contribution in [0.3, 0.4) is 0 Å². The molecule has 8 aliphatic carbocycles. The number of ether oxygens (including phenoxy) is 1. The lowest BCUT2D eigenvalue weighted by atomic mass is 9.52. The van der Waals surface area contributed by atoms with E-state index < -0.39 is 12.2 Å². The molecule has 1 aromatic carbocycles. The second-order valence-electron chi connectivity index (χ2n) is 26.5. The third-order valence-electron chi connectivity index (χ3n) is 21.7. The van der Waals surface area contributed by atoms with Gasteiger partial charge in [0, 0.05) is 89.8 Å². The molecule has 1 aliphatic heterocycles. The standard InChI is InChI=1S/C64H97N7O6S2/c1-38-12-18-46-42-27-40(14-19-47(46)49(51(65)30-42)36-78-79-37-54(38)71-62(66)69-44-9-4-5-10-44)16-21-57-43(34-72)29-45(77-57)17-13-41-15-20-55(74)58(28-41)76-35-56(75)52-31-48-60(53(33-67-3)68-32-39(2)73)64-25-8-11-59(64)63(23-6-7-24-63)50(22-26-64)61(48)70-52/h15,20,22,26,28-29,31,38-40,42,44,46-47,49-51,53-54,56,59-60,67-68,70,72-75H,4-14,16-19,21,23-25,27,30,32-37,65H2,1-3H3,(H3,66,69,71). The first-order chi connectivity index (χ1) is 38.4. The first-order valence-corrected chi connectivity index (χ1v) is 33.8. The number of benzene rings is 1. The average molecular weight is 1120 g/mol. The highest BCUT2D eigenvalue weighted by atomic mass is 33.1. The lowest BCUT2D eigenvalue weighted by Gasteiger charge is -2.53. The smallest absolute Gasteiger partial charge is 0.189 e. The van der Waals surface area contributed by atoms with Crippen LogP contribution in [0, 0.1) is 52.3 Å². The molecule has 3 heterocycles. The van der Waals surface area contributed by atoms with Crippen molar-refractivity contribution in [1.29, 1.82) is 0 Å². The van der Waals surface area contributed by atoms with E-state index in [1.165, 1.54) is 108 Å². The number of nitrogens with two attached hydrogens (primary N) is 2. The second-order valence-corrected chi connectivity index (χ2v) is 29.0. The number of aryl methyl sites for hydroxylation is 3. The number of aliphatic hydroxyl groups is 3. The Bertz CT molecular complexity index is 2560. The molecule has 15 atom stereocenters. The number of nitrogens with zero attached hydrogens (tertiary/aromatic N) is 1. The molecule has 6 bridgehead atoms. The van der Waals surface area contributed by atoms with Crippen molar-refractivity contribution in [2.75, 3.05) is 38.2 Å². The SMILES string of the molecule is CNCC(NCC(C)O)C1c2cc(C(O)COc3cc(CCc4cc(CO)c(CCC5CCC6C7CSSCC(N=C(N)NC8CCCC8)C(C)CCC6C(C5)CC7N)o4)ccc3O)[nH]c2C2C=CC13CCCC3C21CCCC1. The van der Waals surface area contributed by atoms with Crippen LogP contribution in [0.25, 0.3) is 0 Å². The number of hydrogen-bond acceptors (Lipinski definition) is 12. The van der Waals surface area contributed by atoms with E-state index in [2.05, 4.69) is 46.1 Å². The number of allylic oxidation sites excluding steroid dienone is 2. The Morgan fingerprint density at radius 2 is 1.72 bits per heavy atom. The third-order valence-corrected chi connectivity index (χ3v) is 24.2. The summed E-state index contributed by atoms with van der Waals surface area (Å²) < 4.78 is 12.9. The number of aromatic nitrogens is 1. The number of phenols is 1. The molecule has 9 aliphatic rings. The molecule has 5 saturated carbocycles. The van der Waals surface area contributed by atoms with Crippen LogP contribution in [-0.4, -0.2) is 99.9 Å². The predicted molar refractivity (Wildman–Crippen MR) is 320 cm³/mol. The zero-order valence-corrected chi connectivity index (χ0v) is 49.5. The van der Waals surface area contributed by atoms with Crippen molar-refractivity contribution in [3.63, 3.8) is 0 Å². The molecule has 1 saturated heterocycles. The van der Waals surface area contributed by atoms with Crippen molar-refractivity contribution in [3.8, 4) is 11.5 Å². The van der Waals surface area contributed by atoms with Crippen LogP contribution in [0.15, 0.2) is 51.9 Å². The summed E-state index contributed by atoms with van der Waals surface area (Å²) in [5.41, 5.74) is 19.0. The summed E-state index contributed by atoms with van der Waals surface area (Å²) >= 11 is 0. The fraction of sp³-hybridized carbons (Fsp3) is 0.734. The molecule has 15 unspecified atom stereocenters. The maximum absolute atomic E-state index is 12.0. The molecule has 12 N–H and O–H groups in total. The molecule has 2 spiro atoms. The van der Waals surface area contributed by atoms with Crippen LogP contribution in [0.2, 0.25) is 0 Å². The number of guanidine groups is 1. The van der Waals surface area contributed by atoms with Crippen molar-refractivity contribution in [3.05, 3.63) is 82.1 Å². The first-order valence-electron chi connectivity index (χ1n) is 31.3. The zero-order valence-electron chi connectivity index (χ0n) is 47.8. The second kappa shape index (κ2) is 25.4. The fourth-order valence-corrected chi connectivity index (χ4v) is 20.8. The van der Waals surface area contributed by atoms with Crippen LogP contribution in [0.4, 0.5) is 0 Å². The molecule has 0 radical (unpaired) electrons. The van der Waals surface area contributed by atoms with Crippen molar-refractivity contribution in [2.24, 2.45) is 68.7 Å². The number of likely N-dealkylation sites (N-methyl/N-ethyl adjacent to an activating group) is 1. The van der Waals surface area contributed by atoms with Gasteiger partial charge in [-0.1, -0.05) is 85.3 Å². The van der Waals surface area contributed by atoms with E-state index >= 15 is 0 Å². The van der Waals surface area contributed by atoms with E-state index in [4.69, 9.17) is 25.6 Å². The number of aromatic hydroxyl groups is 1. The minimum atomic E-state index is -0.936. The molecule has 13 nitrogen and oxygen atoms in total. The van der Waals surface area contributed by atoms with Crippen molar-refractivity contribution < 1.29 is 29.6 Å². The lowest BCUT2D eigenvalue weighted by Crippen LogP contribution is -2.52. The summed E-state index contributed by atoms with van der Waals surface area (Å²) in [7, 11) is 6.01. The van der Waals surface area contributed by atoms with Gasteiger partial charge in [0.05, 0.1) is 18.8 Å². The maximum Gasteiger partial charge on any atom is 0.189 e. The summed E-state index contributed by atoms with van der Waals surface area (Å²) in [6, 6.07) is 10.8. The van der Waals surface area contributed by atoms with Crippen molar-refractivity contribution in [2.45, 2.75) is 204 Å². The molecule has 79 heavy (non-hydrogen) atoms. The number of aromatic amines is 1. The summed E-state index contributed by atoms with van der Waals surface area (Å²) in [4.78, 5) is 8.95. The van der Waals surface area contributed by atoms with Crippen LogP contribution >= 0.6 is 21.6 Å². The topological polar surface area (TPSA) is 220 Å². The van der Waals surface area contributed by atoms with Gasteiger partial charge in [0.15, 0.2) is 17.5 Å². The zero-order chi connectivity index (χ0) is 54.8. The van der Waals surface area contributed by atoms with Gasteiger partial charge in [-0.05, 0) is 180 Å². The average Bonchev–Trinajstić information content (AvgIpc) is 2.98. The Kier molecular flexibility index (Phi) is 18.5. The van der Waals surface area contributed by atoms with Crippen LogP contribution in [0.1, 0.15) is 187 Å². The van der Waals surface area contributed by atoms with Gasteiger partial charge in [0.25, 0.3) is 0 Å². The van der Waals surface area contributed by atoms with Crippen molar-refractivity contribution in [1.82, 2.24) is 20.9 Å². The number of H-pyrrole nitrogens is 1. The van der Waals surface area contributed by atoms with Crippen LogP contribution in [-0.2, 0) is 25.9 Å². The quantitative estimate of drug-likeness (QED) is 0.0234. The van der Waals surface area contributed by atoms with E-state index in [1.807, 2.05) is 53.8 Å². The van der Waals surface area contributed by atoms with E-state index in [0.717, 1.165) is 72.1 Å². The number of aliphatic hydroxyl groups excluding tert-OH is 3. The van der Waals surface area contributed by atoms with Crippen molar-refractivity contribution >= 4 is 27.5 Å². The molecule has 3 aromatic rings. The minimum absolute atomic E-state index is 0.00736. The van der Waals surface area contributed by atoms with E-state index in [1.54, 1.807) is 6.07 Å². The summed E-state index contributed by atoms with van der Waals surface area (Å²) in [5, 5.41) is 54.9. The third kappa shape index (κ3) is 12.1. The number of nitrogens with one attached hydrogen (secondary N) is 4. The van der Waals surface area contributed by atoms with Gasteiger partial charge in [-0.2, -0.15) is 0 Å². The number of aliphatic imine (C=N–C) groups is 1. The minimum Gasteiger partial charge on any atom is -0.504 e. The Morgan fingerprint density at radius 1 is 0.911 bits per heavy atom. The predicted octanol–water partition coefficient (Wildman–Crippen LogP) is 10.3. The lowest BCUT2D eigenvalue weighted by molar-refractivity contribution is 0.0354. The Morgan fingerprint density at radius 3 is 2.52 bits per heavy atom. The van der Waals surface area contributed by atoms with E-state index in [-0.39, 0.29) is 59.8 Å².